The molecule has 0 unspecified atom stereocenters. The maximum atomic E-state index is 13.1. The number of rotatable bonds is 2. The second kappa shape index (κ2) is 3.68. The first-order valence-corrected chi connectivity index (χ1v) is 3.76. The molecule has 0 saturated carbocycles. The van der Waals surface area contributed by atoms with Crippen molar-refractivity contribution in [2.75, 3.05) is 12.3 Å². The van der Waals surface area contributed by atoms with Gasteiger partial charge in [0.25, 0.3) is 0 Å². The topological polar surface area (TPSA) is 78.1 Å². The molecule has 5 heteroatoms. The normalized spacial score (nSPS) is 12.9. The van der Waals surface area contributed by atoms with E-state index in [2.05, 4.69) is 0 Å². The van der Waals surface area contributed by atoms with E-state index in [1.54, 1.807) is 0 Å². The van der Waals surface area contributed by atoms with Gasteiger partial charge in [-0.25, -0.2) is 8.78 Å². The van der Waals surface area contributed by atoms with Crippen LogP contribution in [-0.2, 0) is 0 Å². The van der Waals surface area contributed by atoms with Crippen molar-refractivity contribution in [1.82, 2.24) is 0 Å². The van der Waals surface area contributed by atoms with E-state index in [4.69, 9.17) is 17.2 Å². The number of nitrogen functional groups attached to an aromatic ring is 1. The second-order valence-corrected chi connectivity index (χ2v) is 2.74. The Morgan fingerprint density at radius 1 is 1.23 bits per heavy atom. The summed E-state index contributed by atoms with van der Waals surface area (Å²) in [7, 11) is 0. The molecular formula is C8H11F2N3. The van der Waals surface area contributed by atoms with Crippen LogP contribution in [-0.4, -0.2) is 6.54 Å². The number of hydrogen-bond donors (Lipinski definition) is 3. The van der Waals surface area contributed by atoms with E-state index in [-0.39, 0.29) is 17.8 Å². The summed E-state index contributed by atoms with van der Waals surface area (Å²) in [6.45, 7) is -0.0161. The summed E-state index contributed by atoms with van der Waals surface area (Å²) in [5.41, 5.74) is 15.6. The second-order valence-electron chi connectivity index (χ2n) is 2.74. The van der Waals surface area contributed by atoms with Crippen LogP contribution in [0.25, 0.3) is 0 Å². The van der Waals surface area contributed by atoms with Gasteiger partial charge in [-0.15, -0.1) is 0 Å². The minimum atomic E-state index is -0.833. The highest BCUT2D eigenvalue weighted by molar-refractivity contribution is 5.42. The van der Waals surface area contributed by atoms with Crippen molar-refractivity contribution in [2.24, 2.45) is 11.5 Å². The Hall–Kier alpha value is -1.20. The van der Waals surface area contributed by atoms with E-state index in [9.17, 15) is 8.78 Å². The Morgan fingerprint density at radius 2 is 1.69 bits per heavy atom. The molecule has 0 heterocycles. The maximum absolute atomic E-state index is 13.1. The third-order valence-electron chi connectivity index (χ3n) is 1.73. The minimum absolute atomic E-state index is 0.0161. The first-order valence-electron chi connectivity index (χ1n) is 3.76. The quantitative estimate of drug-likeness (QED) is 0.590. The van der Waals surface area contributed by atoms with Crippen LogP contribution in [0.4, 0.5) is 14.5 Å². The van der Waals surface area contributed by atoms with Crippen LogP contribution in [0.15, 0.2) is 12.1 Å². The van der Waals surface area contributed by atoms with Crippen molar-refractivity contribution in [2.45, 2.75) is 6.04 Å². The fraction of sp³-hybridized carbons (Fsp3) is 0.250. The lowest BCUT2D eigenvalue weighted by atomic mass is 10.1. The Labute approximate surface area is 74.5 Å². The average molecular weight is 187 g/mol. The van der Waals surface area contributed by atoms with E-state index in [1.165, 1.54) is 0 Å². The molecule has 1 aromatic rings. The van der Waals surface area contributed by atoms with Gasteiger partial charge >= 0.3 is 0 Å². The third-order valence-corrected chi connectivity index (χ3v) is 1.73. The Bertz CT molecular complexity index is 291. The van der Waals surface area contributed by atoms with E-state index >= 15 is 0 Å². The van der Waals surface area contributed by atoms with E-state index in [1.807, 2.05) is 0 Å². The molecule has 0 aliphatic carbocycles. The molecule has 0 amide bonds. The summed E-state index contributed by atoms with van der Waals surface area (Å²) in [4.78, 5) is 0. The van der Waals surface area contributed by atoms with Crippen molar-refractivity contribution in [1.29, 1.82) is 0 Å². The van der Waals surface area contributed by atoms with Crippen LogP contribution in [0.2, 0.25) is 0 Å². The highest BCUT2D eigenvalue weighted by Gasteiger charge is 2.15. The van der Waals surface area contributed by atoms with Crippen LogP contribution in [0, 0.1) is 11.6 Å². The zero-order valence-corrected chi connectivity index (χ0v) is 6.93. The fourth-order valence-corrected chi connectivity index (χ4v) is 1.08. The fourth-order valence-electron chi connectivity index (χ4n) is 1.08. The molecule has 72 valence electrons. The van der Waals surface area contributed by atoms with Gasteiger partial charge in [0.1, 0.15) is 11.6 Å². The molecule has 0 aliphatic rings. The van der Waals surface area contributed by atoms with Crippen molar-refractivity contribution in [3.05, 3.63) is 29.3 Å². The molecule has 0 aliphatic heterocycles. The molecule has 0 fully saturated rings. The zero-order valence-electron chi connectivity index (χ0n) is 6.93. The lowest BCUT2D eigenvalue weighted by molar-refractivity contribution is 0.529. The van der Waals surface area contributed by atoms with Crippen molar-refractivity contribution >= 4 is 5.69 Å². The monoisotopic (exact) mass is 187 g/mol. The molecule has 6 N–H and O–H groups in total. The van der Waals surface area contributed by atoms with Gasteiger partial charge < -0.3 is 17.2 Å². The highest BCUT2D eigenvalue weighted by atomic mass is 19.1. The summed E-state index contributed by atoms with van der Waals surface area (Å²) in [5, 5.41) is 0. The first kappa shape index (κ1) is 9.88. The maximum Gasteiger partial charge on any atom is 0.133 e. The minimum Gasteiger partial charge on any atom is -0.399 e. The zero-order chi connectivity index (χ0) is 10.0. The van der Waals surface area contributed by atoms with Crippen LogP contribution in [0.1, 0.15) is 11.6 Å². The Morgan fingerprint density at radius 3 is 2.08 bits per heavy atom. The number of hydrogen-bond acceptors (Lipinski definition) is 3. The number of halogens is 2. The van der Waals surface area contributed by atoms with Gasteiger partial charge in [-0.1, -0.05) is 0 Å². The SMILES string of the molecule is NC[C@@H](N)c1c(F)cc(N)cc1F. The molecule has 1 aromatic carbocycles. The smallest absolute Gasteiger partial charge is 0.133 e. The predicted molar refractivity (Wildman–Crippen MR) is 46.8 cm³/mol. The average Bonchev–Trinajstić information content (AvgIpc) is 2.02. The molecule has 3 nitrogen and oxygen atoms in total. The van der Waals surface area contributed by atoms with Crippen molar-refractivity contribution in [3.8, 4) is 0 Å². The standard InChI is InChI=1S/C8H11F2N3/c9-5-1-4(12)2-6(10)8(5)7(13)3-11/h1-2,7H,3,11-13H2/t7-/m1/s1. The van der Waals surface area contributed by atoms with E-state index < -0.39 is 17.7 Å². The number of benzene rings is 1. The molecule has 1 atom stereocenters. The van der Waals surface area contributed by atoms with Crippen LogP contribution < -0.4 is 17.2 Å². The van der Waals surface area contributed by atoms with Crippen LogP contribution >= 0.6 is 0 Å². The van der Waals surface area contributed by atoms with Crippen LogP contribution in [0.5, 0.6) is 0 Å². The van der Waals surface area contributed by atoms with Gasteiger partial charge in [-0.05, 0) is 12.1 Å². The van der Waals surface area contributed by atoms with Gasteiger partial charge in [0.05, 0.1) is 0 Å². The predicted octanol–water partition coefficient (Wildman–Crippen LogP) is 0.506. The number of nitrogens with two attached hydrogens (primary N) is 3. The lowest BCUT2D eigenvalue weighted by Gasteiger charge is -2.11. The van der Waals surface area contributed by atoms with Crippen molar-refractivity contribution in [3.63, 3.8) is 0 Å². The largest absolute Gasteiger partial charge is 0.399 e. The molecule has 0 spiro atoms. The van der Waals surface area contributed by atoms with E-state index in [0.717, 1.165) is 12.1 Å². The summed E-state index contributed by atoms with van der Waals surface area (Å²) in [6.07, 6.45) is 0. The van der Waals surface area contributed by atoms with Gasteiger partial charge in [0, 0.05) is 23.8 Å². The molecule has 0 bridgehead atoms. The molecule has 0 saturated heterocycles. The van der Waals surface area contributed by atoms with Gasteiger partial charge in [0.2, 0.25) is 0 Å². The van der Waals surface area contributed by atoms with Gasteiger partial charge in [-0.2, -0.15) is 0 Å². The number of anilines is 1. The molecule has 1 rings (SSSR count). The first-order chi connectivity index (χ1) is 6.06. The third kappa shape index (κ3) is 1.93. The lowest BCUT2D eigenvalue weighted by Crippen LogP contribution is -2.23. The Kier molecular flexibility index (Phi) is 2.79. The summed E-state index contributed by atoms with van der Waals surface area (Å²) < 4.78 is 26.2. The van der Waals surface area contributed by atoms with Crippen molar-refractivity contribution < 1.29 is 8.78 Å². The molecular weight excluding hydrogens is 176 g/mol. The summed E-state index contributed by atoms with van der Waals surface area (Å²) in [6, 6.07) is 1.21. The van der Waals surface area contributed by atoms with E-state index in [0.29, 0.717) is 0 Å². The summed E-state index contributed by atoms with van der Waals surface area (Å²) in [5.74, 6) is -1.51. The Balaban J connectivity index is 3.20. The van der Waals surface area contributed by atoms with Gasteiger partial charge in [-0.3, -0.25) is 0 Å². The van der Waals surface area contributed by atoms with Crippen LogP contribution in [0.3, 0.4) is 0 Å². The molecule has 0 radical (unpaired) electrons. The molecule has 0 aromatic heterocycles. The highest BCUT2D eigenvalue weighted by Crippen LogP contribution is 2.21. The molecule has 13 heavy (non-hydrogen) atoms. The summed E-state index contributed by atoms with van der Waals surface area (Å²) >= 11 is 0. The van der Waals surface area contributed by atoms with Gasteiger partial charge in [0.15, 0.2) is 0 Å².